The summed E-state index contributed by atoms with van der Waals surface area (Å²) in [5.74, 6) is 1.92. The molecule has 0 amide bonds. The normalized spacial score (nSPS) is 46.2. The van der Waals surface area contributed by atoms with Crippen LogP contribution in [0, 0.1) is 23.7 Å². The van der Waals surface area contributed by atoms with Crippen LogP contribution in [0.4, 0.5) is 0 Å². The Morgan fingerprint density at radius 2 is 1.95 bits per heavy atom. The lowest BCUT2D eigenvalue weighted by Gasteiger charge is -2.37. The van der Waals surface area contributed by atoms with Gasteiger partial charge in [-0.05, 0) is 42.6 Å². The van der Waals surface area contributed by atoms with E-state index in [0.29, 0.717) is 23.9 Å². The van der Waals surface area contributed by atoms with Crippen LogP contribution in [0.2, 0.25) is 0 Å². The number of allylic oxidation sites excluding steroid dienone is 1. The summed E-state index contributed by atoms with van der Waals surface area (Å²) in [4.78, 5) is 0. The van der Waals surface area contributed by atoms with Crippen molar-refractivity contribution >= 4 is 0 Å². The van der Waals surface area contributed by atoms with Crippen molar-refractivity contribution in [3.8, 4) is 0 Å². The summed E-state index contributed by atoms with van der Waals surface area (Å²) in [7, 11) is 1.82. The summed E-state index contributed by atoms with van der Waals surface area (Å²) in [5.41, 5.74) is 7.23. The van der Waals surface area contributed by atoms with Crippen LogP contribution in [-0.2, 0) is 4.74 Å². The number of hydrogen-bond donors (Lipinski definition) is 3. The molecule has 1 aliphatic heterocycles. The zero-order valence-corrected chi connectivity index (χ0v) is 13.9. The van der Waals surface area contributed by atoms with Gasteiger partial charge in [0.2, 0.25) is 0 Å². The van der Waals surface area contributed by atoms with E-state index in [4.69, 9.17) is 10.5 Å². The topological polar surface area (TPSA) is 67.5 Å². The van der Waals surface area contributed by atoms with Gasteiger partial charge < -0.3 is 15.6 Å². The molecular formula is C17H32N2O2. The SMILES string of the molecule is CCCC1/C(=C\C2CC(C)C(OC)C(C)C2)C(O)NC1N. The molecule has 4 N–H and O–H groups in total. The van der Waals surface area contributed by atoms with Crippen molar-refractivity contribution in [2.75, 3.05) is 7.11 Å². The first-order valence-corrected chi connectivity index (χ1v) is 8.42. The first-order chi connectivity index (χ1) is 9.97. The molecule has 21 heavy (non-hydrogen) atoms. The Kier molecular flexibility index (Phi) is 5.83. The van der Waals surface area contributed by atoms with E-state index in [1.54, 1.807) is 0 Å². The molecule has 5 unspecified atom stereocenters. The molecule has 0 aromatic carbocycles. The van der Waals surface area contributed by atoms with Gasteiger partial charge in [-0.15, -0.1) is 0 Å². The highest BCUT2D eigenvalue weighted by molar-refractivity contribution is 5.20. The summed E-state index contributed by atoms with van der Waals surface area (Å²) in [5, 5.41) is 13.3. The van der Waals surface area contributed by atoms with Crippen LogP contribution in [0.15, 0.2) is 11.6 Å². The van der Waals surface area contributed by atoms with E-state index < -0.39 is 6.23 Å². The molecule has 2 aliphatic rings. The molecular weight excluding hydrogens is 264 g/mol. The third-order valence-corrected chi connectivity index (χ3v) is 5.30. The van der Waals surface area contributed by atoms with Crippen LogP contribution in [-0.4, -0.2) is 30.7 Å². The number of nitrogens with one attached hydrogen (secondary N) is 1. The van der Waals surface area contributed by atoms with Crippen molar-refractivity contribution in [3.63, 3.8) is 0 Å². The minimum atomic E-state index is -0.567. The summed E-state index contributed by atoms with van der Waals surface area (Å²) in [6, 6.07) is 0. The quantitative estimate of drug-likeness (QED) is 0.696. The second-order valence-electron chi connectivity index (χ2n) is 7.04. The molecule has 0 aromatic rings. The fraction of sp³-hybridized carbons (Fsp3) is 0.882. The molecule has 2 fully saturated rings. The van der Waals surface area contributed by atoms with Gasteiger partial charge in [-0.25, -0.2) is 0 Å². The Labute approximate surface area is 129 Å². The Bertz CT molecular complexity index is 360. The predicted octanol–water partition coefficient (Wildman–Crippen LogP) is 2.23. The lowest BCUT2D eigenvalue weighted by atomic mass is 9.73. The van der Waals surface area contributed by atoms with E-state index in [-0.39, 0.29) is 12.1 Å². The van der Waals surface area contributed by atoms with Crippen molar-refractivity contribution < 1.29 is 9.84 Å². The number of methoxy groups -OCH3 is 1. The number of aliphatic hydroxyl groups excluding tert-OH is 1. The Hall–Kier alpha value is -0.420. The molecule has 5 atom stereocenters. The number of nitrogens with two attached hydrogens (primary N) is 1. The van der Waals surface area contributed by atoms with E-state index >= 15 is 0 Å². The second kappa shape index (κ2) is 7.23. The molecule has 0 bridgehead atoms. The van der Waals surface area contributed by atoms with Crippen LogP contribution in [0.1, 0.15) is 46.5 Å². The maximum absolute atomic E-state index is 10.2. The zero-order chi connectivity index (χ0) is 15.6. The molecule has 2 rings (SSSR count). The van der Waals surface area contributed by atoms with Crippen LogP contribution in [0.25, 0.3) is 0 Å². The maximum atomic E-state index is 10.2. The Morgan fingerprint density at radius 3 is 2.48 bits per heavy atom. The third-order valence-electron chi connectivity index (χ3n) is 5.30. The van der Waals surface area contributed by atoms with Crippen LogP contribution in [0.5, 0.6) is 0 Å². The Morgan fingerprint density at radius 1 is 1.33 bits per heavy atom. The molecule has 4 nitrogen and oxygen atoms in total. The molecule has 0 aromatic heterocycles. The van der Waals surface area contributed by atoms with Crippen LogP contribution < -0.4 is 11.1 Å². The van der Waals surface area contributed by atoms with Crippen molar-refractivity contribution in [1.29, 1.82) is 0 Å². The van der Waals surface area contributed by atoms with Gasteiger partial charge in [-0.1, -0.05) is 33.3 Å². The predicted molar refractivity (Wildman–Crippen MR) is 85.4 cm³/mol. The number of hydrogen-bond acceptors (Lipinski definition) is 4. The number of aliphatic hydroxyl groups is 1. The standard InChI is InChI=1S/C17H32N2O2/c1-5-6-13-14(17(20)19-16(13)18)9-12-7-10(2)15(21-4)11(3)8-12/h9-13,15-17,19-20H,5-8,18H2,1-4H3/b14-9+. The summed E-state index contributed by atoms with van der Waals surface area (Å²) >= 11 is 0. The molecule has 1 saturated carbocycles. The van der Waals surface area contributed by atoms with Gasteiger partial charge >= 0.3 is 0 Å². The number of rotatable bonds is 4. The van der Waals surface area contributed by atoms with Gasteiger partial charge in [0.15, 0.2) is 0 Å². The molecule has 1 saturated heterocycles. The lowest BCUT2D eigenvalue weighted by molar-refractivity contribution is -0.0173. The number of ether oxygens (including phenoxy) is 1. The highest BCUT2D eigenvalue weighted by atomic mass is 16.5. The highest BCUT2D eigenvalue weighted by Crippen LogP contribution is 2.38. The van der Waals surface area contributed by atoms with Crippen LogP contribution in [0.3, 0.4) is 0 Å². The van der Waals surface area contributed by atoms with Crippen molar-refractivity contribution in [2.24, 2.45) is 29.4 Å². The monoisotopic (exact) mass is 296 g/mol. The third kappa shape index (κ3) is 3.67. The average molecular weight is 296 g/mol. The van der Waals surface area contributed by atoms with Gasteiger partial charge in [0.1, 0.15) is 6.23 Å². The fourth-order valence-corrected chi connectivity index (χ4v) is 4.43. The lowest BCUT2D eigenvalue weighted by Crippen LogP contribution is -2.38. The highest BCUT2D eigenvalue weighted by Gasteiger charge is 2.37. The minimum Gasteiger partial charge on any atom is -0.381 e. The van der Waals surface area contributed by atoms with Gasteiger partial charge in [0, 0.05) is 13.0 Å². The van der Waals surface area contributed by atoms with Gasteiger partial charge in [-0.3, -0.25) is 5.32 Å². The van der Waals surface area contributed by atoms with Gasteiger partial charge in [0.25, 0.3) is 0 Å². The van der Waals surface area contributed by atoms with Crippen molar-refractivity contribution in [2.45, 2.75) is 65.0 Å². The molecule has 0 spiro atoms. The van der Waals surface area contributed by atoms with E-state index in [9.17, 15) is 5.11 Å². The van der Waals surface area contributed by atoms with Gasteiger partial charge in [-0.2, -0.15) is 0 Å². The zero-order valence-electron chi connectivity index (χ0n) is 13.9. The summed E-state index contributed by atoms with van der Waals surface area (Å²) in [6.45, 7) is 6.71. The van der Waals surface area contributed by atoms with Gasteiger partial charge in [0.05, 0.1) is 12.3 Å². The molecule has 4 heteroatoms. The first-order valence-electron chi connectivity index (χ1n) is 8.42. The average Bonchev–Trinajstić information content (AvgIpc) is 2.66. The first kappa shape index (κ1) is 16.9. The van der Waals surface area contributed by atoms with E-state index in [1.807, 2.05) is 7.11 Å². The molecule has 1 heterocycles. The van der Waals surface area contributed by atoms with E-state index in [2.05, 4.69) is 32.2 Å². The largest absolute Gasteiger partial charge is 0.381 e. The molecule has 122 valence electrons. The van der Waals surface area contributed by atoms with Crippen molar-refractivity contribution in [1.82, 2.24) is 5.32 Å². The van der Waals surface area contributed by atoms with Crippen molar-refractivity contribution in [3.05, 3.63) is 11.6 Å². The smallest absolute Gasteiger partial charge is 0.128 e. The molecule has 0 radical (unpaired) electrons. The second-order valence-corrected chi connectivity index (χ2v) is 7.04. The summed E-state index contributed by atoms with van der Waals surface area (Å²) < 4.78 is 5.63. The maximum Gasteiger partial charge on any atom is 0.128 e. The minimum absolute atomic E-state index is 0.114. The fourth-order valence-electron chi connectivity index (χ4n) is 4.43. The van der Waals surface area contributed by atoms with Crippen LogP contribution >= 0.6 is 0 Å². The molecule has 1 aliphatic carbocycles. The Balaban J connectivity index is 2.11. The van der Waals surface area contributed by atoms with E-state index in [0.717, 1.165) is 31.3 Å². The van der Waals surface area contributed by atoms with E-state index in [1.165, 1.54) is 0 Å². The summed E-state index contributed by atoms with van der Waals surface area (Å²) in [6.07, 6.45) is 6.38.